The maximum Gasteiger partial charge on any atom is 0.202 e. The maximum atomic E-state index is 13.3. The summed E-state index contributed by atoms with van der Waals surface area (Å²) in [6.07, 6.45) is 1.62. The number of nitrogens with zero attached hydrogens (tertiary/aromatic N) is 3. The van der Waals surface area contributed by atoms with Crippen molar-refractivity contribution in [2.45, 2.75) is 34.2 Å². The van der Waals surface area contributed by atoms with Gasteiger partial charge in [0.25, 0.3) is 0 Å². The molecule has 31 heavy (non-hydrogen) atoms. The van der Waals surface area contributed by atoms with Gasteiger partial charge >= 0.3 is 0 Å². The smallest absolute Gasteiger partial charge is 0.202 e. The lowest BCUT2D eigenvalue weighted by Crippen LogP contribution is -2.21. The van der Waals surface area contributed by atoms with Crippen molar-refractivity contribution in [1.82, 2.24) is 14.5 Å². The number of benzene rings is 1. The van der Waals surface area contributed by atoms with Crippen LogP contribution >= 0.6 is 15.9 Å². The van der Waals surface area contributed by atoms with Crippen molar-refractivity contribution < 1.29 is 4.79 Å². The van der Waals surface area contributed by atoms with Gasteiger partial charge in [-0.2, -0.15) is 0 Å². The molecule has 0 amide bonds. The van der Waals surface area contributed by atoms with Crippen molar-refractivity contribution in [2.75, 3.05) is 0 Å². The number of fused-ring (bicyclic) bond motifs is 1. The molecule has 0 fully saturated rings. The van der Waals surface area contributed by atoms with E-state index >= 15 is 0 Å². The van der Waals surface area contributed by atoms with Crippen LogP contribution in [0.5, 0.6) is 0 Å². The van der Waals surface area contributed by atoms with E-state index in [1.807, 2.05) is 68.7 Å². The molecule has 0 atom stereocenters. The average Bonchev–Trinajstić information content (AvgIpc) is 2.73. The quantitative estimate of drug-likeness (QED) is 0.305. The summed E-state index contributed by atoms with van der Waals surface area (Å²) in [6.45, 7) is 8.17. The zero-order valence-electron chi connectivity index (χ0n) is 17.9. The summed E-state index contributed by atoms with van der Waals surface area (Å²) in [7, 11) is 0. The molecule has 0 bridgehead atoms. The van der Waals surface area contributed by atoms with Gasteiger partial charge in [0.2, 0.25) is 5.43 Å². The van der Waals surface area contributed by atoms with Crippen molar-refractivity contribution >= 4 is 32.7 Å². The predicted octanol–water partition coefficient (Wildman–Crippen LogP) is 5.07. The number of carbonyl (C=O) groups is 1. The second kappa shape index (κ2) is 8.19. The Morgan fingerprint density at radius 3 is 2.45 bits per heavy atom. The first-order valence-corrected chi connectivity index (χ1v) is 10.8. The van der Waals surface area contributed by atoms with Crippen LogP contribution in [0.25, 0.3) is 11.0 Å². The normalized spacial score (nSPS) is 11.1. The number of pyridine rings is 3. The van der Waals surface area contributed by atoms with Gasteiger partial charge in [0.1, 0.15) is 10.3 Å². The van der Waals surface area contributed by atoms with E-state index in [-0.39, 0.29) is 16.8 Å². The number of halogens is 1. The fourth-order valence-corrected chi connectivity index (χ4v) is 3.91. The molecule has 5 nitrogen and oxygen atoms in total. The van der Waals surface area contributed by atoms with Crippen LogP contribution in [-0.2, 0) is 6.54 Å². The minimum Gasteiger partial charge on any atom is -0.326 e. The summed E-state index contributed by atoms with van der Waals surface area (Å²) in [4.78, 5) is 35.8. The van der Waals surface area contributed by atoms with Crippen LogP contribution < -0.4 is 5.43 Å². The predicted molar refractivity (Wildman–Crippen MR) is 126 cm³/mol. The number of carbonyl (C=O) groups excluding carboxylic acids is 1. The SMILES string of the molecule is Cc1ccc(C(=O)c2cn(Cc3cccc(Br)n3)c3nc(C)c(C)cc3c2=O)cc1C. The number of ketones is 1. The standard InChI is InChI=1S/C25H22BrN3O2/c1-14-8-9-18(10-15(14)2)23(30)21-13-29(12-19-6-5-7-22(26)28-19)25-20(24(21)31)11-16(3)17(4)27-25/h5-11,13H,12H2,1-4H3. The average molecular weight is 476 g/mol. The van der Waals surface area contributed by atoms with Crippen LogP contribution in [0, 0.1) is 27.7 Å². The highest BCUT2D eigenvalue weighted by Gasteiger charge is 2.19. The highest BCUT2D eigenvalue weighted by Crippen LogP contribution is 2.19. The largest absolute Gasteiger partial charge is 0.326 e. The Kier molecular flexibility index (Phi) is 5.58. The monoisotopic (exact) mass is 475 g/mol. The second-order valence-corrected chi connectivity index (χ2v) is 8.65. The third-order valence-corrected chi connectivity index (χ3v) is 6.05. The first kappa shape index (κ1) is 21.1. The first-order valence-electron chi connectivity index (χ1n) is 9.99. The first-order chi connectivity index (χ1) is 14.7. The molecular formula is C25H22BrN3O2. The molecular weight excluding hydrogens is 454 g/mol. The Bertz CT molecular complexity index is 1410. The molecule has 0 spiro atoms. The molecule has 4 rings (SSSR count). The van der Waals surface area contributed by atoms with Crippen molar-refractivity contribution in [1.29, 1.82) is 0 Å². The van der Waals surface area contributed by atoms with Gasteiger partial charge < -0.3 is 4.57 Å². The van der Waals surface area contributed by atoms with Gasteiger partial charge in [-0.1, -0.05) is 18.2 Å². The molecule has 0 aliphatic rings. The van der Waals surface area contributed by atoms with Crippen LogP contribution in [-0.4, -0.2) is 20.3 Å². The zero-order chi connectivity index (χ0) is 22.3. The van der Waals surface area contributed by atoms with Gasteiger partial charge in [0.15, 0.2) is 5.78 Å². The Labute approximate surface area is 188 Å². The van der Waals surface area contributed by atoms with E-state index in [2.05, 4.69) is 25.9 Å². The van der Waals surface area contributed by atoms with E-state index in [4.69, 9.17) is 0 Å². The lowest BCUT2D eigenvalue weighted by Gasteiger charge is -2.14. The molecule has 0 N–H and O–H groups in total. The van der Waals surface area contributed by atoms with Crippen LogP contribution in [0.15, 0.2) is 58.1 Å². The molecule has 3 aromatic heterocycles. The number of aromatic nitrogens is 3. The van der Waals surface area contributed by atoms with Crippen LogP contribution in [0.1, 0.15) is 44.0 Å². The zero-order valence-corrected chi connectivity index (χ0v) is 19.4. The highest BCUT2D eigenvalue weighted by atomic mass is 79.9. The molecule has 0 saturated carbocycles. The van der Waals surface area contributed by atoms with Crippen LogP contribution in [0.2, 0.25) is 0 Å². The second-order valence-electron chi connectivity index (χ2n) is 7.84. The molecule has 4 aromatic rings. The third-order valence-electron chi connectivity index (χ3n) is 5.61. The molecule has 156 valence electrons. The van der Waals surface area contributed by atoms with E-state index in [0.29, 0.717) is 23.1 Å². The molecule has 3 heterocycles. The summed E-state index contributed by atoms with van der Waals surface area (Å²) in [5, 5.41) is 0.438. The van der Waals surface area contributed by atoms with Gasteiger partial charge in [-0.3, -0.25) is 9.59 Å². The van der Waals surface area contributed by atoms with Gasteiger partial charge in [-0.15, -0.1) is 0 Å². The summed E-state index contributed by atoms with van der Waals surface area (Å²) in [6, 6.07) is 13.0. The molecule has 0 aliphatic carbocycles. The molecule has 0 radical (unpaired) electrons. The maximum absolute atomic E-state index is 13.3. The van der Waals surface area contributed by atoms with Crippen molar-refractivity contribution in [2.24, 2.45) is 0 Å². The number of hydrogen-bond acceptors (Lipinski definition) is 4. The Balaban J connectivity index is 1.94. The topological polar surface area (TPSA) is 64.8 Å². The van der Waals surface area contributed by atoms with Crippen molar-refractivity contribution in [3.05, 3.63) is 103 Å². The minimum atomic E-state index is -0.299. The van der Waals surface area contributed by atoms with E-state index in [9.17, 15) is 9.59 Å². The van der Waals surface area contributed by atoms with Gasteiger partial charge in [-0.25, -0.2) is 9.97 Å². The van der Waals surface area contributed by atoms with Gasteiger partial charge in [0.05, 0.1) is 23.2 Å². The van der Waals surface area contributed by atoms with E-state index in [1.165, 1.54) is 0 Å². The van der Waals surface area contributed by atoms with Crippen molar-refractivity contribution in [3.8, 4) is 0 Å². The minimum absolute atomic E-state index is 0.135. The number of aryl methyl sites for hydroxylation is 4. The van der Waals surface area contributed by atoms with Crippen LogP contribution in [0.3, 0.4) is 0 Å². The summed E-state index contributed by atoms with van der Waals surface area (Å²) in [5.41, 5.74) is 5.55. The Morgan fingerprint density at radius 2 is 1.74 bits per heavy atom. The molecule has 6 heteroatoms. The van der Waals surface area contributed by atoms with Gasteiger partial charge in [0, 0.05) is 17.5 Å². The molecule has 0 aliphatic heterocycles. The molecule has 0 saturated heterocycles. The highest BCUT2D eigenvalue weighted by molar-refractivity contribution is 9.10. The lowest BCUT2D eigenvalue weighted by molar-refractivity contribution is 0.103. The molecule has 1 aromatic carbocycles. The summed E-state index contributed by atoms with van der Waals surface area (Å²) in [5.74, 6) is -0.288. The number of rotatable bonds is 4. The summed E-state index contributed by atoms with van der Waals surface area (Å²) >= 11 is 3.40. The fraction of sp³-hybridized carbons (Fsp3) is 0.200. The molecule has 0 unspecified atom stereocenters. The Hall–Kier alpha value is -3.12. The van der Waals surface area contributed by atoms with Gasteiger partial charge in [-0.05, 0) is 84.6 Å². The van der Waals surface area contributed by atoms with E-state index in [1.54, 1.807) is 12.3 Å². The van der Waals surface area contributed by atoms with E-state index < -0.39 is 0 Å². The van der Waals surface area contributed by atoms with Crippen LogP contribution in [0.4, 0.5) is 0 Å². The lowest BCUT2D eigenvalue weighted by atomic mass is 9.99. The van der Waals surface area contributed by atoms with E-state index in [0.717, 1.165) is 32.7 Å². The Morgan fingerprint density at radius 1 is 0.968 bits per heavy atom. The third kappa shape index (κ3) is 4.08. The fourth-order valence-electron chi connectivity index (χ4n) is 3.53. The van der Waals surface area contributed by atoms with Crippen molar-refractivity contribution in [3.63, 3.8) is 0 Å². The summed E-state index contributed by atoms with van der Waals surface area (Å²) < 4.78 is 2.56. The number of hydrogen-bond donors (Lipinski definition) is 0.